The number of nitrogens with zero attached hydrogens (tertiary/aromatic N) is 2. The number of carbonyl (C=O) groups excluding carboxylic acids is 1. The second-order valence-electron chi connectivity index (χ2n) is 6.98. The molecule has 1 unspecified atom stereocenters. The number of hydrogen-bond acceptors (Lipinski definition) is 3. The number of aromatic nitrogens is 2. The number of H-pyrrole nitrogens is 1. The van der Waals surface area contributed by atoms with E-state index >= 15 is 0 Å². The summed E-state index contributed by atoms with van der Waals surface area (Å²) in [6.07, 6.45) is 1.56. The van der Waals surface area contributed by atoms with Crippen LogP contribution in [-0.2, 0) is 6.42 Å². The van der Waals surface area contributed by atoms with Gasteiger partial charge in [-0.25, -0.2) is 4.39 Å². The molecule has 0 aliphatic carbocycles. The van der Waals surface area contributed by atoms with Crippen LogP contribution >= 0.6 is 0 Å². The quantitative estimate of drug-likeness (QED) is 0.709. The van der Waals surface area contributed by atoms with E-state index in [0.717, 1.165) is 29.9 Å². The smallest absolute Gasteiger partial charge is 0.253 e. The van der Waals surface area contributed by atoms with Gasteiger partial charge in [-0.1, -0.05) is 24.3 Å². The van der Waals surface area contributed by atoms with Gasteiger partial charge in [-0.15, -0.1) is 0 Å². The molecule has 0 saturated carbocycles. The molecule has 0 radical (unpaired) electrons. The molecular weight excluding hydrogens is 357 g/mol. The molecule has 28 heavy (non-hydrogen) atoms. The average molecular weight is 379 g/mol. The van der Waals surface area contributed by atoms with Gasteiger partial charge in [-0.05, 0) is 36.8 Å². The van der Waals surface area contributed by atoms with E-state index in [-0.39, 0.29) is 17.6 Å². The second kappa shape index (κ2) is 8.25. The number of aromatic amines is 1. The molecule has 2 heterocycles. The standard InChI is InChI=1S/C22H22FN3O2/c23-18-7-4-8-20(13-18)28-12-10-19-14-21(25-24-19)17-9-11-26(15-17)22(27)16-5-2-1-3-6-16/h1-8,13-14,17H,9-12,15H2,(H,24,25). The minimum atomic E-state index is -0.308. The molecule has 6 heteroatoms. The highest BCUT2D eigenvalue weighted by atomic mass is 19.1. The normalized spacial score (nSPS) is 16.3. The third kappa shape index (κ3) is 4.22. The van der Waals surface area contributed by atoms with Crippen molar-refractivity contribution < 1.29 is 13.9 Å². The molecule has 1 aliphatic heterocycles. The summed E-state index contributed by atoms with van der Waals surface area (Å²) in [5.41, 5.74) is 2.67. The molecule has 5 nitrogen and oxygen atoms in total. The minimum absolute atomic E-state index is 0.0716. The van der Waals surface area contributed by atoms with Crippen LogP contribution in [0.4, 0.5) is 4.39 Å². The summed E-state index contributed by atoms with van der Waals surface area (Å²) in [5.74, 6) is 0.520. The van der Waals surface area contributed by atoms with Gasteiger partial charge in [-0.2, -0.15) is 5.10 Å². The summed E-state index contributed by atoms with van der Waals surface area (Å²) >= 11 is 0. The van der Waals surface area contributed by atoms with E-state index in [9.17, 15) is 9.18 Å². The van der Waals surface area contributed by atoms with Crippen molar-refractivity contribution in [1.29, 1.82) is 0 Å². The first-order valence-electron chi connectivity index (χ1n) is 9.46. The first-order chi connectivity index (χ1) is 13.7. The molecular formula is C22H22FN3O2. The Balaban J connectivity index is 1.30. The molecule has 1 atom stereocenters. The fraction of sp³-hybridized carbons (Fsp3) is 0.273. The van der Waals surface area contributed by atoms with E-state index in [1.54, 1.807) is 12.1 Å². The Labute approximate surface area is 163 Å². The van der Waals surface area contributed by atoms with Crippen molar-refractivity contribution in [3.63, 3.8) is 0 Å². The number of carbonyl (C=O) groups is 1. The molecule has 1 amide bonds. The van der Waals surface area contributed by atoms with Gasteiger partial charge in [0, 0.05) is 42.8 Å². The Morgan fingerprint density at radius 1 is 1.18 bits per heavy atom. The highest BCUT2D eigenvalue weighted by molar-refractivity contribution is 5.94. The van der Waals surface area contributed by atoms with Crippen molar-refractivity contribution in [2.45, 2.75) is 18.8 Å². The van der Waals surface area contributed by atoms with E-state index < -0.39 is 0 Å². The van der Waals surface area contributed by atoms with E-state index in [2.05, 4.69) is 10.2 Å². The molecule has 3 aromatic rings. The van der Waals surface area contributed by atoms with Crippen LogP contribution in [0.5, 0.6) is 5.75 Å². The molecule has 1 N–H and O–H groups in total. The summed E-state index contributed by atoms with van der Waals surface area (Å²) in [5, 5.41) is 7.47. The number of ether oxygens (including phenoxy) is 1. The number of amides is 1. The molecule has 144 valence electrons. The average Bonchev–Trinajstić information content (AvgIpc) is 3.38. The Kier molecular flexibility index (Phi) is 5.37. The van der Waals surface area contributed by atoms with Gasteiger partial charge in [0.1, 0.15) is 11.6 Å². The third-order valence-corrected chi connectivity index (χ3v) is 5.00. The van der Waals surface area contributed by atoms with Gasteiger partial charge in [-0.3, -0.25) is 9.89 Å². The lowest BCUT2D eigenvalue weighted by Crippen LogP contribution is -2.28. The van der Waals surface area contributed by atoms with Gasteiger partial charge in [0.25, 0.3) is 5.91 Å². The minimum Gasteiger partial charge on any atom is -0.493 e. The maximum atomic E-state index is 13.2. The summed E-state index contributed by atoms with van der Waals surface area (Å²) < 4.78 is 18.7. The van der Waals surface area contributed by atoms with Gasteiger partial charge in [0.15, 0.2) is 0 Å². The molecule has 1 fully saturated rings. The fourth-order valence-corrected chi connectivity index (χ4v) is 3.50. The van der Waals surface area contributed by atoms with Gasteiger partial charge >= 0.3 is 0 Å². The van der Waals surface area contributed by atoms with Crippen molar-refractivity contribution >= 4 is 5.91 Å². The van der Waals surface area contributed by atoms with Crippen LogP contribution in [0, 0.1) is 5.82 Å². The predicted octanol–water partition coefficient (Wildman–Crippen LogP) is 3.80. The molecule has 2 aromatic carbocycles. The monoisotopic (exact) mass is 379 g/mol. The second-order valence-corrected chi connectivity index (χ2v) is 6.98. The Morgan fingerprint density at radius 3 is 2.86 bits per heavy atom. The number of rotatable bonds is 6. The lowest BCUT2D eigenvalue weighted by Gasteiger charge is -2.16. The highest BCUT2D eigenvalue weighted by Crippen LogP contribution is 2.27. The predicted molar refractivity (Wildman–Crippen MR) is 104 cm³/mol. The fourth-order valence-electron chi connectivity index (χ4n) is 3.50. The van der Waals surface area contributed by atoms with Crippen LogP contribution in [-0.4, -0.2) is 40.7 Å². The van der Waals surface area contributed by atoms with Crippen LogP contribution in [0.1, 0.15) is 34.1 Å². The third-order valence-electron chi connectivity index (χ3n) is 5.00. The zero-order chi connectivity index (χ0) is 19.3. The van der Waals surface area contributed by atoms with Crippen molar-refractivity contribution in [2.24, 2.45) is 0 Å². The lowest BCUT2D eigenvalue weighted by atomic mass is 10.0. The maximum absolute atomic E-state index is 13.2. The molecule has 1 aromatic heterocycles. The van der Waals surface area contributed by atoms with Crippen molar-refractivity contribution in [3.8, 4) is 5.75 Å². The lowest BCUT2D eigenvalue weighted by molar-refractivity contribution is 0.0790. The van der Waals surface area contributed by atoms with Crippen LogP contribution in [0.15, 0.2) is 60.7 Å². The SMILES string of the molecule is O=C(c1ccccc1)N1CCC(c2cc(CCOc3cccc(F)c3)[nH]n2)C1. The van der Waals surface area contributed by atoms with Gasteiger partial charge < -0.3 is 9.64 Å². The topological polar surface area (TPSA) is 58.2 Å². The van der Waals surface area contributed by atoms with Crippen molar-refractivity contribution in [2.75, 3.05) is 19.7 Å². The van der Waals surface area contributed by atoms with E-state index in [4.69, 9.17) is 4.74 Å². The molecule has 1 saturated heterocycles. The van der Waals surface area contributed by atoms with Crippen LogP contribution < -0.4 is 4.74 Å². The summed E-state index contributed by atoms with van der Waals surface area (Å²) in [4.78, 5) is 14.5. The molecule has 0 bridgehead atoms. The summed E-state index contributed by atoms with van der Waals surface area (Å²) in [6, 6.07) is 17.5. The van der Waals surface area contributed by atoms with Crippen molar-refractivity contribution in [3.05, 3.63) is 83.4 Å². The first-order valence-corrected chi connectivity index (χ1v) is 9.46. The zero-order valence-corrected chi connectivity index (χ0v) is 15.5. The first kappa shape index (κ1) is 18.2. The number of nitrogens with one attached hydrogen (secondary N) is 1. The Hall–Kier alpha value is -3.15. The van der Waals surface area contributed by atoms with E-state index in [0.29, 0.717) is 25.3 Å². The largest absolute Gasteiger partial charge is 0.493 e. The van der Waals surface area contributed by atoms with Gasteiger partial charge in [0.2, 0.25) is 0 Å². The number of benzene rings is 2. The number of likely N-dealkylation sites (tertiary alicyclic amines) is 1. The molecule has 0 spiro atoms. The van der Waals surface area contributed by atoms with Crippen LogP contribution in [0.25, 0.3) is 0 Å². The molecule has 4 rings (SSSR count). The summed E-state index contributed by atoms with van der Waals surface area (Å²) in [7, 11) is 0. The van der Waals surface area contributed by atoms with E-state index in [1.165, 1.54) is 12.1 Å². The maximum Gasteiger partial charge on any atom is 0.253 e. The van der Waals surface area contributed by atoms with Crippen LogP contribution in [0.2, 0.25) is 0 Å². The zero-order valence-electron chi connectivity index (χ0n) is 15.5. The molecule has 1 aliphatic rings. The van der Waals surface area contributed by atoms with Crippen LogP contribution in [0.3, 0.4) is 0 Å². The Bertz CT molecular complexity index is 942. The Morgan fingerprint density at radius 2 is 2.04 bits per heavy atom. The number of halogens is 1. The van der Waals surface area contributed by atoms with E-state index in [1.807, 2.05) is 41.3 Å². The van der Waals surface area contributed by atoms with Crippen molar-refractivity contribution in [1.82, 2.24) is 15.1 Å². The summed E-state index contributed by atoms with van der Waals surface area (Å²) in [6.45, 7) is 1.86. The van der Waals surface area contributed by atoms with Gasteiger partial charge in [0.05, 0.1) is 12.3 Å². The highest BCUT2D eigenvalue weighted by Gasteiger charge is 2.29. The number of hydrogen-bond donors (Lipinski definition) is 1.